The summed E-state index contributed by atoms with van der Waals surface area (Å²) in [4.78, 5) is 0. The predicted molar refractivity (Wildman–Crippen MR) is 138 cm³/mol. The number of nitrogen functional groups attached to an aromatic ring is 2. The summed E-state index contributed by atoms with van der Waals surface area (Å²) in [6.45, 7) is 4.02. The second kappa shape index (κ2) is 8.26. The van der Waals surface area contributed by atoms with Gasteiger partial charge >= 0.3 is 0 Å². The summed E-state index contributed by atoms with van der Waals surface area (Å²) in [5.41, 5.74) is 17.2. The average Bonchev–Trinajstić information content (AvgIpc) is 2.79. The van der Waals surface area contributed by atoms with Crippen molar-refractivity contribution in [2.45, 2.75) is 51.9 Å². The molecule has 4 fully saturated rings. The smallest absolute Gasteiger partial charge is 0.131 e. The van der Waals surface area contributed by atoms with E-state index in [0.29, 0.717) is 5.92 Å². The zero-order chi connectivity index (χ0) is 23.4. The Kier molecular flexibility index (Phi) is 5.20. The third kappa shape index (κ3) is 3.89. The molecule has 0 unspecified atom stereocenters. The fourth-order valence-corrected chi connectivity index (χ4v) is 7.00. The maximum atomic E-state index is 6.49. The van der Waals surface area contributed by atoms with Gasteiger partial charge in [0, 0.05) is 29.1 Å². The molecule has 34 heavy (non-hydrogen) atoms. The number of benzene rings is 3. The molecular formula is C30H34N2O2. The highest BCUT2D eigenvalue weighted by molar-refractivity contribution is 5.54. The summed E-state index contributed by atoms with van der Waals surface area (Å²) in [6.07, 6.45) is 6.87. The van der Waals surface area contributed by atoms with Gasteiger partial charge in [0.05, 0.1) is 0 Å². The van der Waals surface area contributed by atoms with E-state index >= 15 is 0 Å². The van der Waals surface area contributed by atoms with Gasteiger partial charge in [0.2, 0.25) is 0 Å². The Morgan fingerprint density at radius 3 is 1.68 bits per heavy atom. The van der Waals surface area contributed by atoms with Crippen LogP contribution in [0.4, 0.5) is 11.4 Å². The first-order valence-electron chi connectivity index (χ1n) is 12.6. The van der Waals surface area contributed by atoms with Crippen LogP contribution >= 0.6 is 0 Å². The highest BCUT2D eigenvalue weighted by Gasteiger charge is 2.49. The van der Waals surface area contributed by atoms with Crippen LogP contribution in [0.1, 0.15) is 54.7 Å². The minimum atomic E-state index is 0.525. The van der Waals surface area contributed by atoms with Crippen LogP contribution in [0.2, 0.25) is 0 Å². The third-order valence-corrected chi connectivity index (χ3v) is 8.53. The number of ether oxygens (including phenoxy) is 2. The molecule has 0 saturated heterocycles. The minimum absolute atomic E-state index is 0.525. The summed E-state index contributed by atoms with van der Waals surface area (Å²) in [5.74, 6) is 7.17. The lowest BCUT2D eigenvalue weighted by Crippen LogP contribution is -2.43. The Balaban J connectivity index is 1.37. The normalized spacial score (nSPS) is 27.1. The lowest BCUT2D eigenvalue weighted by atomic mass is 9.50. The average molecular weight is 455 g/mol. The number of hydrogen-bond acceptors (Lipinski definition) is 4. The maximum Gasteiger partial charge on any atom is 0.131 e. The molecule has 0 heterocycles. The lowest BCUT2D eigenvalue weighted by Gasteiger charge is -2.54. The molecule has 0 amide bonds. The van der Waals surface area contributed by atoms with Gasteiger partial charge in [-0.2, -0.15) is 0 Å². The highest BCUT2D eigenvalue weighted by atomic mass is 16.5. The number of nitrogens with two attached hydrogens (primary N) is 2. The number of hydrogen-bond donors (Lipinski definition) is 2. The molecule has 0 spiro atoms. The standard InChI is InChI=1S/C30H34N2O2/c1-17-3-5-24(15-27(17)31)33-23-7-8-29(34-25-6-4-18(2)28(32)16-25)26(14-23)30-21-10-19-9-20(12-21)13-22(30)11-19/h3-8,14-16,19-22,30H,9-13,31-32H2,1-2H3. The van der Waals surface area contributed by atoms with Crippen LogP contribution in [0.3, 0.4) is 0 Å². The summed E-state index contributed by atoms with van der Waals surface area (Å²) in [6, 6.07) is 18.1. The van der Waals surface area contributed by atoms with Gasteiger partial charge in [0.25, 0.3) is 0 Å². The Labute approximate surface area is 202 Å². The van der Waals surface area contributed by atoms with Gasteiger partial charge in [0.15, 0.2) is 0 Å². The van der Waals surface area contributed by atoms with E-state index < -0.39 is 0 Å². The van der Waals surface area contributed by atoms with E-state index in [0.717, 1.165) is 69.2 Å². The Morgan fingerprint density at radius 1 is 0.618 bits per heavy atom. The molecule has 0 aromatic heterocycles. The summed E-state index contributed by atoms with van der Waals surface area (Å²) in [5, 5.41) is 0. The van der Waals surface area contributed by atoms with Gasteiger partial charge in [-0.3, -0.25) is 0 Å². The largest absolute Gasteiger partial charge is 0.457 e. The van der Waals surface area contributed by atoms with Crippen molar-refractivity contribution < 1.29 is 9.47 Å². The predicted octanol–water partition coefficient (Wildman–Crippen LogP) is 7.59. The SMILES string of the molecule is Cc1ccc(Oc2ccc(Oc3ccc(C)c(N)c3)c(C3C4CC5CC(C4)CC3C5)c2)cc1N. The molecule has 4 N–H and O–H groups in total. The first-order valence-corrected chi connectivity index (χ1v) is 12.6. The van der Waals surface area contributed by atoms with Crippen molar-refractivity contribution in [3.05, 3.63) is 71.3 Å². The van der Waals surface area contributed by atoms with Crippen LogP contribution in [0, 0.1) is 37.5 Å². The van der Waals surface area contributed by atoms with Gasteiger partial charge in [-0.15, -0.1) is 0 Å². The highest BCUT2D eigenvalue weighted by Crippen LogP contribution is 2.61. The molecule has 4 aliphatic carbocycles. The molecule has 4 bridgehead atoms. The van der Waals surface area contributed by atoms with E-state index in [-0.39, 0.29) is 0 Å². The van der Waals surface area contributed by atoms with Crippen LogP contribution in [0.15, 0.2) is 54.6 Å². The monoisotopic (exact) mass is 454 g/mol. The summed E-state index contributed by atoms with van der Waals surface area (Å²) < 4.78 is 12.8. The molecule has 4 nitrogen and oxygen atoms in total. The Morgan fingerprint density at radius 2 is 1.12 bits per heavy atom. The fourth-order valence-electron chi connectivity index (χ4n) is 7.00. The fraction of sp³-hybridized carbons (Fsp3) is 0.400. The molecule has 7 rings (SSSR count). The van der Waals surface area contributed by atoms with E-state index in [1.807, 2.05) is 56.3 Å². The van der Waals surface area contributed by atoms with Crippen LogP contribution < -0.4 is 20.9 Å². The van der Waals surface area contributed by atoms with Gasteiger partial charge in [-0.1, -0.05) is 12.1 Å². The van der Waals surface area contributed by atoms with Crippen LogP contribution in [-0.4, -0.2) is 0 Å². The second-order valence-electron chi connectivity index (χ2n) is 10.9. The van der Waals surface area contributed by atoms with Crippen molar-refractivity contribution in [2.75, 3.05) is 11.5 Å². The third-order valence-electron chi connectivity index (χ3n) is 8.53. The summed E-state index contributed by atoms with van der Waals surface area (Å²) in [7, 11) is 0. The van der Waals surface area contributed by atoms with E-state index in [1.54, 1.807) is 0 Å². The zero-order valence-corrected chi connectivity index (χ0v) is 20.1. The molecule has 4 heteroatoms. The van der Waals surface area contributed by atoms with Crippen molar-refractivity contribution in [2.24, 2.45) is 23.7 Å². The van der Waals surface area contributed by atoms with E-state index in [1.165, 1.54) is 37.7 Å². The Bertz CT molecular complexity index is 1210. The molecule has 0 aliphatic heterocycles. The molecule has 3 aromatic rings. The van der Waals surface area contributed by atoms with Crippen molar-refractivity contribution in [3.8, 4) is 23.0 Å². The first-order chi connectivity index (χ1) is 16.4. The zero-order valence-electron chi connectivity index (χ0n) is 20.1. The van der Waals surface area contributed by atoms with Crippen molar-refractivity contribution >= 4 is 11.4 Å². The number of anilines is 2. The van der Waals surface area contributed by atoms with E-state index in [2.05, 4.69) is 12.1 Å². The quantitative estimate of drug-likeness (QED) is 0.390. The van der Waals surface area contributed by atoms with E-state index in [9.17, 15) is 0 Å². The molecule has 0 radical (unpaired) electrons. The maximum absolute atomic E-state index is 6.49. The van der Waals surface area contributed by atoms with Gasteiger partial charge < -0.3 is 20.9 Å². The number of rotatable bonds is 5. The molecule has 176 valence electrons. The van der Waals surface area contributed by atoms with Gasteiger partial charge in [-0.25, -0.2) is 0 Å². The van der Waals surface area contributed by atoms with Crippen LogP contribution in [0.25, 0.3) is 0 Å². The molecule has 4 saturated carbocycles. The second-order valence-corrected chi connectivity index (χ2v) is 10.9. The molecule has 4 aliphatic rings. The van der Waals surface area contributed by atoms with Gasteiger partial charge in [-0.05, 0) is 117 Å². The van der Waals surface area contributed by atoms with Gasteiger partial charge in [0.1, 0.15) is 23.0 Å². The first kappa shape index (κ1) is 21.4. The van der Waals surface area contributed by atoms with Crippen LogP contribution in [-0.2, 0) is 0 Å². The van der Waals surface area contributed by atoms with Crippen molar-refractivity contribution in [3.63, 3.8) is 0 Å². The topological polar surface area (TPSA) is 70.5 Å². The molecular weight excluding hydrogens is 420 g/mol. The van der Waals surface area contributed by atoms with Crippen molar-refractivity contribution in [1.29, 1.82) is 0 Å². The summed E-state index contributed by atoms with van der Waals surface area (Å²) >= 11 is 0. The lowest BCUT2D eigenvalue weighted by molar-refractivity contribution is -0.00339. The minimum Gasteiger partial charge on any atom is -0.457 e. The number of aryl methyl sites for hydroxylation is 2. The Hall–Kier alpha value is -3.14. The molecule has 3 aromatic carbocycles. The molecule has 0 atom stereocenters. The van der Waals surface area contributed by atoms with Crippen LogP contribution in [0.5, 0.6) is 23.0 Å². The van der Waals surface area contributed by atoms with E-state index in [4.69, 9.17) is 20.9 Å². The van der Waals surface area contributed by atoms with Crippen molar-refractivity contribution in [1.82, 2.24) is 0 Å².